The zero-order valence-corrected chi connectivity index (χ0v) is 14.1. The number of imidazole rings is 1. The predicted molar refractivity (Wildman–Crippen MR) is 89.1 cm³/mol. The average molecular weight is 383 g/mol. The lowest BCUT2D eigenvalue weighted by Crippen LogP contribution is -2.45. The van der Waals surface area contributed by atoms with Gasteiger partial charge in [-0.2, -0.15) is 13.2 Å². The molecule has 1 aliphatic heterocycles. The van der Waals surface area contributed by atoms with Crippen LogP contribution in [0.25, 0.3) is 5.69 Å². The van der Waals surface area contributed by atoms with Gasteiger partial charge in [0, 0.05) is 12.7 Å². The molecule has 27 heavy (non-hydrogen) atoms. The van der Waals surface area contributed by atoms with E-state index in [4.69, 9.17) is 10.5 Å². The number of nitrogens with two attached hydrogens (primary N) is 1. The van der Waals surface area contributed by atoms with E-state index >= 15 is 0 Å². The molecule has 1 aromatic carbocycles. The highest BCUT2D eigenvalue weighted by atomic mass is 19.4. The van der Waals surface area contributed by atoms with Gasteiger partial charge < -0.3 is 25.7 Å². The fourth-order valence-electron chi connectivity index (χ4n) is 2.67. The Kier molecular flexibility index (Phi) is 4.79. The molecule has 0 saturated heterocycles. The van der Waals surface area contributed by atoms with Crippen LogP contribution in [0, 0.1) is 0 Å². The highest BCUT2D eigenvalue weighted by Crippen LogP contribution is 2.40. The summed E-state index contributed by atoms with van der Waals surface area (Å²) in [5.74, 6) is -1.62. The first-order valence-electron chi connectivity index (χ1n) is 7.97. The number of carbonyl (C=O) groups excluding carboxylic acids is 2. The molecular weight excluding hydrogens is 367 g/mol. The molecule has 3 rings (SSSR count). The Balaban J connectivity index is 2.08. The van der Waals surface area contributed by atoms with E-state index in [-0.39, 0.29) is 30.2 Å². The molecule has 144 valence electrons. The maximum atomic E-state index is 13.5. The van der Waals surface area contributed by atoms with Gasteiger partial charge in [-0.25, -0.2) is 9.78 Å². The normalized spacial score (nSPS) is 16.3. The van der Waals surface area contributed by atoms with E-state index < -0.39 is 29.7 Å². The lowest BCUT2D eigenvalue weighted by Gasteiger charge is -2.27. The summed E-state index contributed by atoms with van der Waals surface area (Å²) in [6.45, 7) is 1.71. The Hall–Kier alpha value is -3.08. The van der Waals surface area contributed by atoms with Crippen LogP contribution in [0.15, 0.2) is 24.7 Å². The number of benzene rings is 1. The minimum absolute atomic E-state index is 0.0618. The van der Waals surface area contributed by atoms with Gasteiger partial charge in [-0.3, -0.25) is 4.79 Å². The van der Waals surface area contributed by atoms with Crippen LogP contribution in [-0.4, -0.2) is 34.1 Å². The number of aromatic nitrogens is 2. The van der Waals surface area contributed by atoms with E-state index in [2.05, 4.69) is 15.6 Å². The molecule has 4 N–H and O–H groups in total. The van der Waals surface area contributed by atoms with Crippen molar-refractivity contribution in [2.75, 3.05) is 17.2 Å². The van der Waals surface area contributed by atoms with Gasteiger partial charge in [-0.15, -0.1) is 0 Å². The van der Waals surface area contributed by atoms with Crippen LogP contribution in [0.5, 0.6) is 0 Å². The second-order valence-corrected chi connectivity index (χ2v) is 5.71. The van der Waals surface area contributed by atoms with Crippen molar-refractivity contribution in [2.45, 2.75) is 25.7 Å². The Morgan fingerprint density at radius 3 is 2.70 bits per heavy atom. The van der Waals surface area contributed by atoms with Crippen LogP contribution in [0.3, 0.4) is 0 Å². The van der Waals surface area contributed by atoms with Crippen molar-refractivity contribution in [3.05, 3.63) is 35.9 Å². The van der Waals surface area contributed by atoms with Crippen LogP contribution >= 0.6 is 0 Å². The van der Waals surface area contributed by atoms with E-state index in [1.807, 2.05) is 0 Å². The third-order valence-electron chi connectivity index (χ3n) is 3.91. The third kappa shape index (κ3) is 3.58. The molecule has 1 amide bonds. The Morgan fingerprint density at radius 2 is 2.11 bits per heavy atom. The summed E-state index contributed by atoms with van der Waals surface area (Å²) >= 11 is 0. The third-order valence-corrected chi connectivity index (χ3v) is 3.91. The van der Waals surface area contributed by atoms with Gasteiger partial charge in [0.25, 0.3) is 5.91 Å². The number of nitrogens with one attached hydrogen (secondary N) is 2. The van der Waals surface area contributed by atoms with Crippen molar-refractivity contribution in [1.82, 2.24) is 9.55 Å². The van der Waals surface area contributed by atoms with Gasteiger partial charge in [0.1, 0.15) is 0 Å². The minimum Gasteiger partial charge on any atom is -0.464 e. The Morgan fingerprint density at radius 1 is 1.37 bits per heavy atom. The second kappa shape index (κ2) is 6.91. The number of carbonyl (C=O) groups is 2. The zero-order valence-electron chi connectivity index (χ0n) is 14.1. The number of alkyl halides is 3. The molecule has 2 heterocycles. The molecule has 1 unspecified atom stereocenters. The highest BCUT2D eigenvalue weighted by Gasteiger charge is 2.38. The van der Waals surface area contributed by atoms with Crippen molar-refractivity contribution < 1.29 is 27.5 Å². The predicted octanol–water partition coefficient (Wildman–Crippen LogP) is 1.65. The van der Waals surface area contributed by atoms with Crippen molar-refractivity contribution >= 4 is 23.3 Å². The standard InChI is InChI=1S/C16H16F3N5O3/c1-2-27-15(26)13-14(25)23-10-3-9(16(17,18)19)12(4-11(10)22-13)24-6-8(5-20)21-7-24/h3-4,6-7,13,22H,2,5,20H2,1H3,(H,23,25). The van der Waals surface area contributed by atoms with Gasteiger partial charge >= 0.3 is 12.1 Å². The van der Waals surface area contributed by atoms with Crippen LogP contribution in [0.1, 0.15) is 18.2 Å². The first kappa shape index (κ1) is 18.7. The lowest BCUT2D eigenvalue weighted by molar-refractivity contribution is -0.146. The van der Waals surface area contributed by atoms with E-state index in [1.165, 1.54) is 23.2 Å². The maximum absolute atomic E-state index is 13.5. The quantitative estimate of drug-likeness (QED) is 0.547. The first-order valence-corrected chi connectivity index (χ1v) is 7.97. The molecule has 0 aliphatic carbocycles. The molecule has 1 aromatic heterocycles. The molecule has 1 atom stereocenters. The number of esters is 1. The maximum Gasteiger partial charge on any atom is 0.418 e. The van der Waals surface area contributed by atoms with E-state index in [9.17, 15) is 22.8 Å². The number of hydrogen-bond donors (Lipinski definition) is 3. The van der Waals surface area contributed by atoms with Gasteiger partial charge in [0.2, 0.25) is 6.04 Å². The molecule has 0 spiro atoms. The number of hydrogen-bond acceptors (Lipinski definition) is 6. The molecule has 8 nitrogen and oxygen atoms in total. The fourth-order valence-corrected chi connectivity index (χ4v) is 2.67. The Bertz CT molecular complexity index is 894. The summed E-state index contributed by atoms with van der Waals surface area (Å²) in [6.07, 6.45) is -2.09. The largest absolute Gasteiger partial charge is 0.464 e. The number of rotatable bonds is 4. The average Bonchev–Trinajstić information content (AvgIpc) is 3.08. The molecule has 2 aromatic rings. The summed E-state index contributed by atoms with van der Waals surface area (Å²) in [6, 6.07) is 0.634. The minimum atomic E-state index is -4.68. The van der Waals surface area contributed by atoms with Gasteiger partial charge in [-0.1, -0.05) is 0 Å². The molecule has 0 radical (unpaired) electrons. The molecule has 11 heteroatoms. The van der Waals surface area contributed by atoms with Crippen molar-refractivity contribution in [3.63, 3.8) is 0 Å². The SMILES string of the molecule is CCOC(=O)C1Nc2cc(-n3cnc(CN)c3)c(C(F)(F)F)cc2NC1=O. The van der Waals surface area contributed by atoms with Crippen molar-refractivity contribution in [2.24, 2.45) is 5.73 Å². The molecular formula is C16H16F3N5O3. The molecule has 0 fully saturated rings. The molecule has 0 saturated carbocycles. The Labute approximate surface area is 151 Å². The highest BCUT2D eigenvalue weighted by molar-refractivity contribution is 6.14. The number of halogens is 3. The number of fused-ring (bicyclic) bond motifs is 1. The summed E-state index contributed by atoms with van der Waals surface area (Å²) < 4.78 is 46.6. The zero-order chi connectivity index (χ0) is 19.8. The lowest BCUT2D eigenvalue weighted by atomic mass is 10.1. The summed E-state index contributed by atoms with van der Waals surface area (Å²) in [4.78, 5) is 27.9. The van der Waals surface area contributed by atoms with Crippen LogP contribution in [0.2, 0.25) is 0 Å². The van der Waals surface area contributed by atoms with Crippen LogP contribution < -0.4 is 16.4 Å². The fraction of sp³-hybridized carbons (Fsp3) is 0.312. The summed E-state index contributed by atoms with van der Waals surface area (Å²) in [7, 11) is 0. The smallest absolute Gasteiger partial charge is 0.418 e. The van der Waals surface area contributed by atoms with Crippen molar-refractivity contribution in [1.29, 1.82) is 0 Å². The van der Waals surface area contributed by atoms with Gasteiger partial charge in [-0.05, 0) is 19.1 Å². The summed E-state index contributed by atoms with van der Waals surface area (Å²) in [5.41, 5.74) is 4.74. The van der Waals surface area contributed by atoms with E-state index in [0.717, 1.165) is 6.07 Å². The monoisotopic (exact) mass is 383 g/mol. The van der Waals surface area contributed by atoms with Crippen molar-refractivity contribution in [3.8, 4) is 5.69 Å². The van der Waals surface area contributed by atoms with Crippen LogP contribution in [0.4, 0.5) is 24.5 Å². The van der Waals surface area contributed by atoms with Gasteiger partial charge in [0.15, 0.2) is 0 Å². The van der Waals surface area contributed by atoms with Gasteiger partial charge in [0.05, 0.1) is 41.3 Å². The van der Waals surface area contributed by atoms with Crippen LogP contribution in [-0.2, 0) is 27.0 Å². The number of nitrogens with zero attached hydrogens (tertiary/aromatic N) is 2. The number of amides is 1. The molecule has 1 aliphatic rings. The molecule has 0 bridgehead atoms. The number of ether oxygens (including phenoxy) is 1. The topological polar surface area (TPSA) is 111 Å². The second-order valence-electron chi connectivity index (χ2n) is 5.71. The van der Waals surface area contributed by atoms with E-state index in [1.54, 1.807) is 6.92 Å². The van der Waals surface area contributed by atoms with E-state index in [0.29, 0.717) is 5.69 Å². The number of anilines is 2. The first-order chi connectivity index (χ1) is 12.7. The summed E-state index contributed by atoms with van der Waals surface area (Å²) in [5, 5.41) is 4.94.